The average molecular weight is 971 g/mol. The fraction of sp³-hybridized carbons (Fsp3) is 0.811. The molecule has 390 valence electrons. The minimum atomic E-state index is -5.14. The molecule has 13 nitrogen and oxygen atoms in total. The van der Waals surface area contributed by atoms with E-state index in [1.807, 2.05) is 6.08 Å². The number of unbranched alkanes of at least 4 members (excludes halogenated alkanes) is 24. The lowest BCUT2D eigenvalue weighted by atomic mass is 9.85. The zero-order valence-electron chi connectivity index (χ0n) is 41.7. The number of rotatable bonds is 44. The monoisotopic (exact) mass is 971 g/mol. The highest BCUT2D eigenvalue weighted by molar-refractivity contribution is 7.47. The van der Waals surface area contributed by atoms with Gasteiger partial charge in [0.25, 0.3) is 0 Å². The van der Waals surface area contributed by atoms with Gasteiger partial charge in [-0.2, -0.15) is 0 Å². The van der Waals surface area contributed by atoms with Gasteiger partial charge in [0.2, 0.25) is 0 Å². The number of aliphatic hydroxyl groups is 5. The number of allylic oxidation sites excluding steroid dienone is 8. The Morgan fingerprint density at radius 1 is 0.463 bits per heavy atom. The molecule has 0 aromatic heterocycles. The summed E-state index contributed by atoms with van der Waals surface area (Å²) in [5.41, 5.74) is 0. The molecular formula is C53H95O13P. The number of carbonyl (C=O) groups excluding carboxylic acids is 2. The van der Waals surface area contributed by atoms with Crippen LogP contribution in [-0.4, -0.2) is 98.3 Å². The second kappa shape index (κ2) is 42.7. The number of hydrogen-bond donors (Lipinski definition) is 6. The Balaban J connectivity index is 2.42. The number of aliphatic hydroxyl groups excluding tert-OH is 5. The average Bonchev–Trinajstić information content (AvgIpc) is 3.31. The largest absolute Gasteiger partial charge is 0.472 e. The van der Waals surface area contributed by atoms with E-state index >= 15 is 0 Å². The number of carbonyl (C=O) groups is 2. The molecule has 0 bridgehead atoms. The van der Waals surface area contributed by atoms with E-state index in [1.165, 1.54) is 128 Å². The van der Waals surface area contributed by atoms with Crippen LogP contribution in [0.3, 0.4) is 0 Å². The Kier molecular flexibility index (Phi) is 40.0. The first-order chi connectivity index (χ1) is 32.4. The Morgan fingerprint density at radius 3 is 1.31 bits per heavy atom. The van der Waals surface area contributed by atoms with Crippen molar-refractivity contribution in [2.75, 3.05) is 13.2 Å². The Bertz CT molecular complexity index is 1350. The number of esters is 2. The fourth-order valence-electron chi connectivity index (χ4n) is 7.87. The summed E-state index contributed by atoms with van der Waals surface area (Å²) in [6.07, 6.45) is 39.0. The third-order valence-corrected chi connectivity index (χ3v) is 13.1. The van der Waals surface area contributed by atoms with Crippen LogP contribution in [0.4, 0.5) is 0 Å². The van der Waals surface area contributed by atoms with Crippen molar-refractivity contribution in [1.82, 2.24) is 0 Å². The second-order valence-electron chi connectivity index (χ2n) is 18.4. The summed E-state index contributed by atoms with van der Waals surface area (Å²) in [6.45, 7) is 3.26. The molecule has 0 amide bonds. The van der Waals surface area contributed by atoms with E-state index in [1.54, 1.807) is 0 Å². The van der Waals surface area contributed by atoms with E-state index < -0.39 is 75.7 Å². The van der Waals surface area contributed by atoms with Gasteiger partial charge >= 0.3 is 19.8 Å². The standard InChI is InChI=1S/C53H95O13P/c1-3-5-7-9-11-13-15-17-19-20-21-22-23-24-25-26-28-30-32-34-36-38-40-42-47(55)65-45(44-64-67(61,62)66-53-51(59)49(57)48(56)50(58)52(53)60)43-63-46(54)41-39-37-35-33-31-29-27-18-16-14-12-10-8-6-4-2/h18,26-28,31,33-34,36,45,48-53,56-60H,3-17,19-25,29-30,32,35,37-44H2,1-2H3,(H,61,62)/b27-18+,28-26+,33-31+,36-34+/t45-,48?,49-,50?,51?,52?,53?/m1/s1. The summed E-state index contributed by atoms with van der Waals surface area (Å²) in [5.74, 6) is -1.18. The summed E-state index contributed by atoms with van der Waals surface area (Å²) in [7, 11) is -5.14. The van der Waals surface area contributed by atoms with Crippen LogP contribution in [0.25, 0.3) is 0 Å². The molecule has 1 aliphatic carbocycles. The van der Waals surface area contributed by atoms with Gasteiger partial charge in [0.15, 0.2) is 6.10 Å². The number of phosphoric acid groups is 1. The molecular weight excluding hydrogens is 876 g/mol. The van der Waals surface area contributed by atoms with Crippen LogP contribution in [0.5, 0.6) is 0 Å². The maximum absolute atomic E-state index is 12.8. The van der Waals surface area contributed by atoms with E-state index in [4.69, 9.17) is 18.5 Å². The quantitative estimate of drug-likeness (QED) is 0.0145. The fourth-order valence-corrected chi connectivity index (χ4v) is 8.84. The minimum Gasteiger partial charge on any atom is -0.462 e. The Labute approximate surface area is 405 Å². The predicted molar refractivity (Wildman–Crippen MR) is 267 cm³/mol. The van der Waals surface area contributed by atoms with Gasteiger partial charge in [0.1, 0.15) is 43.2 Å². The molecule has 1 fully saturated rings. The lowest BCUT2D eigenvalue weighted by Gasteiger charge is -2.41. The van der Waals surface area contributed by atoms with E-state index in [-0.39, 0.29) is 12.8 Å². The third kappa shape index (κ3) is 34.7. The molecule has 0 aromatic carbocycles. The number of phosphoric ester groups is 1. The summed E-state index contributed by atoms with van der Waals surface area (Å²) in [6, 6.07) is 0. The van der Waals surface area contributed by atoms with Gasteiger partial charge in [-0.1, -0.05) is 178 Å². The van der Waals surface area contributed by atoms with E-state index in [0.29, 0.717) is 19.3 Å². The van der Waals surface area contributed by atoms with Crippen molar-refractivity contribution in [1.29, 1.82) is 0 Å². The van der Waals surface area contributed by atoms with Crippen LogP contribution in [0.1, 0.15) is 219 Å². The van der Waals surface area contributed by atoms with Crippen molar-refractivity contribution < 1.29 is 63.1 Å². The van der Waals surface area contributed by atoms with Crippen molar-refractivity contribution in [3.8, 4) is 0 Å². The molecule has 14 heteroatoms. The van der Waals surface area contributed by atoms with Gasteiger partial charge in [0.05, 0.1) is 6.61 Å². The van der Waals surface area contributed by atoms with E-state index in [0.717, 1.165) is 44.9 Å². The lowest BCUT2D eigenvalue weighted by Crippen LogP contribution is -2.64. The molecule has 0 aromatic rings. The first kappa shape index (κ1) is 62.8. The van der Waals surface area contributed by atoms with Crippen molar-refractivity contribution in [2.24, 2.45) is 0 Å². The number of ether oxygens (including phenoxy) is 2. The van der Waals surface area contributed by atoms with Gasteiger partial charge in [-0.3, -0.25) is 18.6 Å². The third-order valence-electron chi connectivity index (χ3n) is 12.1. The molecule has 0 saturated heterocycles. The van der Waals surface area contributed by atoms with Gasteiger partial charge < -0.3 is 39.9 Å². The Hall–Kier alpha value is -2.19. The van der Waals surface area contributed by atoms with Crippen molar-refractivity contribution in [3.05, 3.63) is 48.6 Å². The van der Waals surface area contributed by atoms with Gasteiger partial charge in [-0.25, -0.2) is 4.57 Å². The van der Waals surface area contributed by atoms with Gasteiger partial charge in [-0.05, 0) is 77.0 Å². The van der Waals surface area contributed by atoms with Crippen LogP contribution in [0.2, 0.25) is 0 Å². The summed E-state index contributed by atoms with van der Waals surface area (Å²) in [5, 5.41) is 50.3. The van der Waals surface area contributed by atoms with Crippen LogP contribution >= 0.6 is 7.82 Å². The molecule has 0 radical (unpaired) electrons. The van der Waals surface area contributed by atoms with Crippen LogP contribution in [-0.2, 0) is 32.7 Å². The molecule has 6 unspecified atom stereocenters. The Morgan fingerprint density at radius 2 is 0.836 bits per heavy atom. The SMILES string of the molecule is CCCCCCCC/C=C/C/C=C/CCCCC(=O)OC[C@H](COP(=O)(O)OC1C(O)C(O)C(O)[C@@H](O)C1O)OC(=O)CCC/C=C/CC/C=C/CCCCCCCCCCCCCCCC. The minimum absolute atomic E-state index is 0.0299. The highest BCUT2D eigenvalue weighted by Gasteiger charge is 2.51. The van der Waals surface area contributed by atoms with E-state index in [9.17, 15) is 44.6 Å². The summed E-state index contributed by atoms with van der Waals surface area (Å²) < 4.78 is 33.5. The van der Waals surface area contributed by atoms with Crippen molar-refractivity contribution in [2.45, 2.75) is 262 Å². The zero-order chi connectivity index (χ0) is 49.2. The zero-order valence-corrected chi connectivity index (χ0v) is 42.6. The maximum Gasteiger partial charge on any atom is 0.472 e. The first-order valence-electron chi connectivity index (χ1n) is 26.4. The molecule has 0 aliphatic heterocycles. The van der Waals surface area contributed by atoms with Gasteiger partial charge in [0, 0.05) is 12.8 Å². The normalized spacial score (nSPS) is 21.5. The first-order valence-corrected chi connectivity index (χ1v) is 27.9. The van der Waals surface area contributed by atoms with Gasteiger partial charge in [-0.15, -0.1) is 0 Å². The smallest absolute Gasteiger partial charge is 0.462 e. The van der Waals surface area contributed by atoms with Crippen LogP contribution in [0, 0.1) is 0 Å². The highest BCUT2D eigenvalue weighted by atomic mass is 31.2. The predicted octanol–water partition coefficient (Wildman–Crippen LogP) is 11.5. The number of hydrogen-bond acceptors (Lipinski definition) is 12. The highest BCUT2D eigenvalue weighted by Crippen LogP contribution is 2.47. The molecule has 1 aliphatic rings. The summed E-state index contributed by atoms with van der Waals surface area (Å²) in [4.78, 5) is 35.8. The van der Waals surface area contributed by atoms with Crippen molar-refractivity contribution in [3.63, 3.8) is 0 Å². The molecule has 8 atom stereocenters. The molecule has 0 spiro atoms. The van der Waals surface area contributed by atoms with Crippen LogP contribution < -0.4 is 0 Å². The molecule has 1 rings (SSSR count). The second-order valence-corrected chi connectivity index (χ2v) is 19.8. The van der Waals surface area contributed by atoms with Crippen molar-refractivity contribution >= 4 is 19.8 Å². The molecule has 6 N–H and O–H groups in total. The molecule has 67 heavy (non-hydrogen) atoms. The van der Waals surface area contributed by atoms with Crippen LogP contribution in [0.15, 0.2) is 48.6 Å². The molecule has 1 saturated carbocycles. The van der Waals surface area contributed by atoms with E-state index in [2.05, 4.69) is 56.4 Å². The summed E-state index contributed by atoms with van der Waals surface area (Å²) >= 11 is 0. The lowest BCUT2D eigenvalue weighted by molar-refractivity contribution is -0.220. The maximum atomic E-state index is 12.8. The topological polar surface area (TPSA) is 210 Å². The molecule has 0 heterocycles.